The first-order chi connectivity index (χ1) is 9.97. The van der Waals surface area contributed by atoms with E-state index in [1.807, 2.05) is 0 Å². The molecule has 0 N–H and O–H groups in total. The third-order valence-electron chi connectivity index (χ3n) is 4.99. The normalized spacial score (nSPS) is 43.9. The van der Waals surface area contributed by atoms with Crippen molar-refractivity contribution in [3.05, 3.63) is 22.8 Å². The van der Waals surface area contributed by atoms with Crippen molar-refractivity contribution in [3.8, 4) is 0 Å². The number of rotatable bonds is 0. The van der Waals surface area contributed by atoms with Crippen molar-refractivity contribution in [1.29, 1.82) is 0 Å². The first-order valence-electron chi connectivity index (χ1n) is 6.32. The number of allylic oxidation sites excluding steroid dienone is 1. The summed E-state index contributed by atoms with van der Waals surface area (Å²) in [6.07, 6.45) is 1.79. The highest BCUT2D eigenvalue weighted by Crippen LogP contribution is 2.79. The lowest BCUT2D eigenvalue weighted by Crippen LogP contribution is -2.58. The molecule has 3 aliphatic carbocycles. The maximum atomic E-state index is 11.8. The van der Waals surface area contributed by atoms with Gasteiger partial charge in [-0.3, -0.25) is 0 Å². The second-order valence-electron chi connectivity index (χ2n) is 5.91. The fourth-order valence-electron chi connectivity index (χ4n) is 3.85. The fraction of sp³-hybridized carbons (Fsp3) is 0.538. The third-order valence-corrected chi connectivity index (χ3v) is 9.53. The predicted molar refractivity (Wildman–Crippen MR) is 85.0 cm³/mol. The molecule has 4 aliphatic rings. The lowest BCUT2D eigenvalue weighted by Gasteiger charge is -2.49. The van der Waals surface area contributed by atoms with Gasteiger partial charge in [-0.25, -0.2) is 9.59 Å². The Labute approximate surface area is 155 Å². The average Bonchev–Trinajstić information content (AvgIpc) is 2.87. The molecule has 3 nitrogen and oxygen atoms in total. The van der Waals surface area contributed by atoms with Crippen LogP contribution in [-0.4, -0.2) is 30.4 Å². The topological polar surface area (TPSA) is 43.4 Å². The van der Waals surface area contributed by atoms with Gasteiger partial charge < -0.3 is 4.74 Å². The standard InChI is InChI=1S/C13H6Cl6O3/c14-10-3-11(15,13(18,19)12(10,16)17)7-2-5-4(1-6(7)10)8(20)22-9(5)21/h1,7H,2-3H2. The van der Waals surface area contributed by atoms with Gasteiger partial charge in [0.05, 0.1) is 16.0 Å². The Morgan fingerprint density at radius 3 is 2.27 bits per heavy atom. The Balaban J connectivity index is 1.95. The molecule has 0 radical (unpaired) electrons. The van der Waals surface area contributed by atoms with E-state index in [9.17, 15) is 9.59 Å². The summed E-state index contributed by atoms with van der Waals surface area (Å²) in [5.74, 6) is -1.85. The molecule has 0 saturated heterocycles. The molecular formula is C13H6Cl6O3. The summed E-state index contributed by atoms with van der Waals surface area (Å²) in [5.41, 5.74) is 0.991. The molecule has 1 heterocycles. The van der Waals surface area contributed by atoms with Crippen LogP contribution in [0.4, 0.5) is 0 Å². The Hall–Kier alpha value is 0.360. The van der Waals surface area contributed by atoms with Crippen LogP contribution in [0.5, 0.6) is 0 Å². The van der Waals surface area contributed by atoms with Crippen molar-refractivity contribution in [2.45, 2.75) is 31.3 Å². The zero-order valence-electron chi connectivity index (χ0n) is 10.6. The first-order valence-corrected chi connectivity index (χ1v) is 8.59. The molecule has 22 heavy (non-hydrogen) atoms. The van der Waals surface area contributed by atoms with E-state index in [-0.39, 0.29) is 24.0 Å². The largest absolute Gasteiger partial charge is 0.386 e. The van der Waals surface area contributed by atoms with Gasteiger partial charge in [-0.15, -0.1) is 23.2 Å². The van der Waals surface area contributed by atoms with Gasteiger partial charge in [-0.2, -0.15) is 0 Å². The number of hydrogen-bond acceptors (Lipinski definition) is 3. The molecule has 0 aromatic carbocycles. The fourth-order valence-corrected chi connectivity index (χ4v) is 6.60. The van der Waals surface area contributed by atoms with Crippen LogP contribution in [0.25, 0.3) is 0 Å². The van der Waals surface area contributed by atoms with E-state index in [2.05, 4.69) is 4.74 Å². The number of esters is 2. The van der Waals surface area contributed by atoms with Crippen molar-refractivity contribution in [2.75, 3.05) is 0 Å². The van der Waals surface area contributed by atoms with Gasteiger partial charge in [0, 0.05) is 5.92 Å². The monoisotopic (exact) mass is 420 g/mol. The molecule has 0 spiro atoms. The predicted octanol–water partition coefficient (Wildman–Crippen LogP) is 4.03. The molecule has 0 aromatic rings. The van der Waals surface area contributed by atoms with Gasteiger partial charge in [-0.05, 0) is 24.5 Å². The van der Waals surface area contributed by atoms with E-state index in [0.717, 1.165) is 0 Å². The van der Waals surface area contributed by atoms with Crippen LogP contribution >= 0.6 is 69.6 Å². The van der Waals surface area contributed by atoms with E-state index in [4.69, 9.17) is 69.6 Å². The van der Waals surface area contributed by atoms with Crippen LogP contribution in [0.2, 0.25) is 0 Å². The van der Waals surface area contributed by atoms with Crippen LogP contribution in [0.1, 0.15) is 12.8 Å². The summed E-state index contributed by atoms with van der Waals surface area (Å²) in [6, 6.07) is 0. The molecule has 9 heteroatoms. The number of cyclic esters (lactones) is 2. The Bertz CT molecular complexity index is 723. The van der Waals surface area contributed by atoms with E-state index in [1.54, 1.807) is 0 Å². The lowest BCUT2D eigenvalue weighted by atomic mass is 9.74. The number of alkyl halides is 6. The molecule has 3 atom stereocenters. The van der Waals surface area contributed by atoms with Gasteiger partial charge in [0.15, 0.2) is 8.67 Å². The molecule has 1 aliphatic heterocycles. The highest BCUT2D eigenvalue weighted by Gasteiger charge is 2.84. The number of carbonyl (C=O) groups is 2. The maximum Gasteiger partial charge on any atom is 0.346 e. The molecule has 118 valence electrons. The molecule has 4 rings (SSSR count). The molecule has 3 unspecified atom stereocenters. The Kier molecular flexibility index (Phi) is 2.97. The van der Waals surface area contributed by atoms with Gasteiger partial charge in [0.1, 0.15) is 4.87 Å². The number of fused-ring (bicyclic) bond motifs is 5. The van der Waals surface area contributed by atoms with Crippen molar-refractivity contribution >= 4 is 81.5 Å². The van der Waals surface area contributed by atoms with Crippen LogP contribution in [0.15, 0.2) is 22.8 Å². The molecular weight excluding hydrogens is 417 g/mol. The zero-order chi connectivity index (χ0) is 16.3. The van der Waals surface area contributed by atoms with Crippen LogP contribution in [0, 0.1) is 5.92 Å². The minimum atomic E-state index is -1.75. The Morgan fingerprint density at radius 1 is 1.00 bits per heavy atom. The van der Waals surface area contributed by atoms with Crippen LogP contribution in [0.3, 0.4) is 0 Å². The van der Waals surface area contributed by atoms with Gasteiger partial charge in [-0.1, -0.05) is 46.4 Å². The zero-order valence-corrected chi connectivity index (χ0v) is 15.1. The van der Waals surface area contributed by atoms with Crippen LogP contribution in [-0.2, 0) is 14.3 Å². The minimum absolute atomic E-state index is 0.128. The summed E-state index contributed by atoms with van der Waals surface area (Å²) in [5, 5.41) is 0. The van der Waals surface area contributed by atoms with E-state index in [1.165, 1.54) is 6.08 Å². The van der Waals surface area contributed by atoms with Gasteiger partial charge in [0.25, 0.3) is 0 Å². The molecule has 0 amide bonds. The smallest absolute Gasteiger partial charge is 0.346 e. The number of halogens is 6. The van der Waals surface area contributed by atoms with E-state index in [0.29, 0.717) is 5.57 Å². The summed E-state index contributed by atoms with van der Waals surface area (Å²) >= 11 is 38.8. The highest BCUT2D eigenvalue weighted by atomic mass is 35.5. The summed E-state index contributed by atoms with van der Waals surface area (Å²) < 4.78 is 1.15. The molecule has 2 saturated carbocycles. The number of carbonyl (C=O) groups excluding carboxylic acids is 2. The van der Waals surface area contributed by atoms with Gasteiger partial charge >= 0.3 is 11.9 Å². The van der Waals surface area contributed by atoms with Crippen molar-refractivity contribution in [3.63, 3.8) is 0 Å². The first kappa shape index (κ1) is 15.9. The van der Waals surface area contributed by atoms with E-state index >= 15 is 0 Å². The molecule has 2 fully saturated rings. The second kappa shape index (κ2) is 4.12. The minimum Gasteiger partial charge on any atom is -0.386 e. The number of hydrogen-bond donors (Lipinski definition) is 0. The summed E-state index contributed by atoms with van der Waals surface area (Å²) in [7, 11) is 0. The summed E-state index contributed by atoms with van der Waals surface area (Å²) in [4.78, 5) is 20.9. The molecule has 2 bridgehead atoms. The number of ether oxygens (including phenoxy) is 1. The second-order valence-corrected chi connectivity index (χ2v) is 9.89. The van der Waals surface area contributed by atoms with Crippen molar-refractivity contribution < 1.29 is 14.3 Å². The highest BCUT2D eigenvalue weighted by molar-refractivity contribution is 6.69. The third kappa shape index (κ3) is 1.42. The maximum absolute atomic E-state index is 11.8. The van der Waals surface area contributed by atoms with Crippen LogP contribution < -0.4 is 0 Å². The summed E-state index contributed by atoms with van der Waals surface area (Å²) in [6.45, 7) is 0. The molecule has 0 aromatic heterocycles. The lowest BCUT2D eigenvalue weighted by molar-refractivity contribution is -0.151. The average molecular weight is 423 g/mol. The van der Waals surface area contributed by atoms with Crippen molar-refractivity contribution in [1.82, 2.24) is 0 Å². The van der Waals surface area contributed by atoms with Crippen molar-refractivity contribution in [2.24, 2.45) is 5.92 Å². The quantitative estimate of drug-likeness (QED) is 0.336. The Morgan fingerprint density at radius 2 is 1.64 bits per heavy atom. The van der Waals surface area contributed by atoms with Gasteiger partial charge in [0.2, 0.25) is 0 Å². The SMILES string of the molecule is O=C1OC(=O)C2=C1C=C1C(C2)C2(Cl)CC1(Cl)C(Cl)(Cl)C2(Cl)Cl. The van der Waals surface area contributed by atoms with E-state index < -0.39 is 36.3 Å².